The summed E-state index contributed by atoms with van der Waals surface area (Å²) in [7, 11) is 0. The maximum Gasteiger partial charge on any atom is 0.243 e. The highest BCUT2D eigenvalue weighted by Gasteiger charge is 2.30. The second-order valence-corrected chi connectivity index (χ2v) is 9.19. The number of hydrogen-bond acceptors (Lipinski definition) is 2. The highest BCUT2D eigenvalue weighted by molar-refractivity contribution is 5.88. The van der Waals surface area contributed by atoms with Crippen molar-refractivity contribution in [3.8, 4) is 0 Å². The topological polar surface area (TPSA) is 49.4 Å². The summed E-state index contributed by atoms with van der Waals surface area (Å²) in [6.07, 6.45) is 7.37. The summed E-state index contributed by atoms with van der Waals surface area (Å²) < 4.78 is 0. The average molecular weight is 435 g/mol. The number of nitrogens with zero attached hydrogens (tertiary/aromatic N) is 1. The lowest BCUT2D eigenvalue weighted by Crippen LogP contribution is -2.52. The molecule has 4 heteroatoms. The van der Waals surface area contributed by atoms with E-state index in [-0.39, 0.29) is 17.9 Å². The number of benzene rings is 2. The fraction of sp³-hybridized carbons (Fsp3) is 0.500. The van der Waals surface area contributed by atoms with Crippen LogP contribution in [0.15, 0.2) is 48.5 Å². The van der Waals surface area contributed by atoms with Crippen LogP contribution in [0, 0.1) is 13.8 Å². The van der Waals surface area contributed by atoms with E-state index in [0.717, 1.165) is 24.8 Å². The van der Waals surface area contributed by atoms with Gasteiger partial charge in [0.15, 0.2) is 0 Å². The lowest BCUT2D eigenvalue weighted by molar-refractivity contribution is -0.140. The monoisotopic (exact) mass is 434 g/mol. The van der Waals surface area contributed by atoms with Crippen LogP contribution in [0.25, 0.3) is 0 Å². The Balaban J connectivity index is 1.75. The fourth-order valence-electron chi connectivity index (χ4n) is 4.63. The molecule has 3 rings (SSSR count). The molecule has 1 N–H and O–H groups in total. The summed E-state index contributed by atoms with van der Waals surface area (Å²) in [6, 6.07) is 16.2. The average Bonchev–Trinajstić information content (AvgIpc) is 2.80. The van der Waals surface area contributed by atoms with E-state index in [2.05, 4.69) is 43.4 Å². The van der Waals surface area contributed by atoms with E-state index in [4.69, 9.17) is 0 Å². The number of carbonyl (C=O) groups is 2. The molecule has 1 unspecified atom stereocenters. The van der Waals surface area contributed by atoms with Crippen LogP contribution in [0.2, 0.25) is 0 Å². The molecule has 1 aliphatic rings. The summed E-state index contributed by atoms with van der Waals surface area (Å²) >= 11 is 0. The smallest absolute Gasteiger partial charge is 0.243 e. The van der Waals surface area contributed by atoms with Crippen molar-refractivity contribution in [3.05, 3.63) is 70.8 Å². The van der Waals surface area contributed by atoms with E-state index >= 15 is 0 Å². The zero-order valence-corrected chi connectivity index (χ0v) is 19.9. The van der Waals surface area contributed by atoms with Crippen molar-refractivity contribution in [2.45, 2.75) is 84.2 Å². The molecule has 0 heterocycles. The third kappa shape index (κ3) is 6.69. The van der Waals surface area contributed by atoms with Gasteiger partial charge in [0, 0.05) is 12.6 Å². The van der Waals surface area contributed by atoms with Crippen LogP contribution in [0.5, 0.6) is 0 Å². The first-order valence-electron chi connectivity index (χ1n) is 12.2. The number of rotatable bonds is 9. The number of nitrogens with one attached hydrogen (secondary N) is 1. The Kier molecular flexibility index (Phi) is 8.90. The summed E-state index contributed by atoms with van der Waals surface area (Å²) in [5.74, 6) is 0.0238. The number of amides is 2. The van der Waals surface area contributed by atoms with E-state index in [9.17, 15) is 9.59 Å². The minimum Gasteiger partial charge on any atom is -0.352 e. The quantitative estimate of drug-likeness (QED) is 0.594. The lowest BCUT2D eigenvalue weighted by Gasteiger charge is -2.33. The minimum absolute atomic E-state index is 0.000832. The minimum atomic E-state index is -0.431. The van der Waals surface area contributed by atoms with Crippen LogP contribution in [0.3, 0.4) is 0 Å². The summed E-state index contributed by atoms with van der Waals surface area (Å²) in [6.45, 7) is 6.70. The highest BCUT2D eigenvalue weighted by Crippen LogP contribution is 2.19. The molecule has 0 saturated heterocycles. The standard InChI is InChI=1S/C28H38N2O2/c1-4-26(28(32)29-25-13-9-6-10-14-25)30(18-17-23-11-7-5-8-12-23)27(31)20-24-16-15-21(2)22(3)19-24/h5,7-8,11-12,15-16,19,25-26H,4,6,9-10,13-14,17-18,20H2,1-3H3,(H,29,32). The van der Waals surface area contributed by atoms with E-state index in [1.807, 2.05) is 36.1 Å². The second-order valence-electron chi connectivity index (χ2n) is 9.19. The first kappa shape index (κ1) is 24.0. The molecule has 1 atom stereocenters. The van der Waals surface area contributed by atoms with Crippen molar-refractivity contribution < 1.29 is 9.59 Å². The van der Waals surface area contributed by atoms with Gasteiger partial charge >= 0.3 is 0 Å². The molecule has 2 aromatic rings. The second kappa shape index (κ2) is 11.8. The van der Waals surface area contributed by atoms with Crippen LogP contribution in [0.1, 0.15) is 67.7 Å². The molecule has 1 saturated carbocycles. The van der Waals surface area contributed by atoms with Crippen molar-refractivity contribution in [2.75, 3.05) is 6.54 Å². The molecule has 1 fully saturated rings. The van der Waals surface area contributed by atoms with Gasteiger partial charge in [-0.25, -0.2) is 0 Å². The van der Waals surface area contributed by atoms with Gasteiger partial charge in [0.05, 0.1) is 6.42 Å². The predicted octanol–water partition coefficient (Wildman–Crippen LogP) is 5.14. The van der Waals surface area contributed by atoms with Gasteiger partial charge in [-0.05, 0) is 61.8 Å². The lowest BCUT2D eigenvalue weighted by atomic mass is 9.95. The van der Waals surface area contributed by atoms with E-state index in [1.54, 1.807) is 0 Å². The van der Waals surface area contributed by atoms with Crippen molar-refractivity contribution in [3.63, 3.8) is 0 Å². The van der Waals surface area contributed by atoms with Gasteiger partial charge in [-0.1, -0.05) is 74.7 Å². The van der Waals surface area contributed by atoms with Gasteiger partial charge in [0.1, 0.15) is 6.04 Å². The van der Waals surface area contributed by atoms with Gasteiger partial charge in [0.25, 0.3) is 0 Å². The van der Waals surface area contributed by atoms with E-state index < -0.39 is 6.04 Å². The van der Waals surface area contributed by atoms with Crippen molar-refractivity contribution in [1.29, 1.82) is 0 Å². The summed E-state index contributed by atoms with van der Waals surface area (Å²) in [5.41, 5.74) is 4.60. The molecule has 0 aliphatic heterocycles. The largest absolute Gasteiger partial charge is 0.352 e. The molecule has 0 bridgehead atoms. The molecule has 0 aromatic heterocycles. The van der Waals surface area contributed by atoms with Gasteiger partial charge in [-0.2, -0.15) is 0 Å². The normalized spacial score (nSPS) is 15.2. The number of hydrogen-bond donors (Lipinski definition) is 1. The SMILES string of the molecule is CCC(C(=O)NC1CCCCC1)N(CCc1ccccc1)C(=O)Cc1ccc(C)c(C)c1. The molecular formula is C28H38N2O2. The predicted molar refractivity (Wildman–Crippen MR) is 131 cm³/mol. The van der Waals surface area contributed by atoms with Gasteiger partial charge in [-0.3, -0.25) is 9.59 Å². The Morgan fingerprint density at radius 3 is 2.34 bits per heavy atom. The Morgan fingerprint density at radius 2 is 1.69 bits per heavy atom. The maximum atomic E-state index is 13.5. The Labute approximate surface area is 193 Å². The zero-order valence-electron chi connectivity index (χ0n) is 19.9. The fourth-order valence-corrected chi connectivity index (χ4v) is 4.63. The summed E-state index contributed by atoms with van der Waals surface area (Å²) in [5, 5.41) is 3.25. The molecular weight excluding hydrogens is 396 g/mol. The zero-order chi connectivity index (χ0) is 22.9. The van der Waals surface area contributed by atoms with Crippen LogP contribution >= 0.6 is 0 Å². The summed E-state index contributed by atoms with van der Waals surface area (Å²) in [4.78, 5) is 28.5. The van der Waals surface area contributed by atoms with Crippen LogP contribution < -0.4 is 5.32 Å². The van der Waals surface area contributed by atoms with Gasteiger partial charge in [0.2, 0.25) is 11.8 Å². The molecule has 32 heavy (non-hydrogen) atoms. The third-order valence-corrected chi connectivity index (χ3v) is 6.75. The molecule has 0 spiro atoms. The Morgan fingerprint density at radius 1 is 0.969 bits per heavy atom. The van der Waals surface area contributed by atoms with Crippen LogP contribution in [-0.4, -0.2) is 35.3 Å². The molecule has 2 aromatic carbocycles. The van der Waals surface area contributed by atoms with Crippen LogP contribution in [-0.2, 0) is 22.4 Å². The number of aryl methyl sites for hydroxylation is 2. The van der Waals surface area contributed by atoms with E-state index in [1.165, 1.54) is 36.0 Å². The molecule has 0 radical (unpaired) electrons. The van der Waals surface area contributed by atoms with Crippen molar-refractivity contribution in [2.24, 2.45) is 0 Å². The Bertz CT molecular complexity index is 888. The van der Waals surface area contributed by atoms with E-state index in [0.29, 0.717) is 19.4 Å². The van der Waals surface area contributed by atoms with Crippen LogP contribution in [0.4, 0.5) is 0 Å². The molecule has 4 nitrogen and oxygen atoms in total. The first-order valence-corrected chi connectivity index (χ1v) is 12.2. The molecule has 172 valence electrons. The van der Waals surface area contributed by atoms with Gasteiger partial charge < -0.3 is 10.2 Å². The Hall–Kier alpha value is -2.62. The van der Waals surface area contributed by atoms with Crippen molar-refractivity contribution >= 4 is 11.8 Å². The maximum absolute atomic E-state index is 13.5. The molecule has 2 amide bonds. The third-order valence-electron chi connectivity index (χ3n) is 6.75. The van der Waals surface area contributed by atoms with Gasteiger partial charge in [-0.15, -0.1) is 0 Å². The van der Waals surface area contributed by atoms with Crippen molar-refractivity contribution in [1.82, 2.24) is 10.2 Å². The molecule has 1 aliphatic carbocycles. The highest BCUT2D eigenvalue weighted by atomic mass is 16.2. The number of carbonyl (C=O) groups excluding carboxylic acids is 2. The first-order chi connectivity index (χ1) is 15.5.